The zero-order valence-corrected chi connectivity index (χ0v) is 9.29. The fraction of sp³-hybridized carbons (Fsp3) is 0. The zero-order valence-electron chi connectivity index (χ0n) is 8.54. The molecule has 0 aliphatic heterocycles. The van der Waals surface area contributed by atoms with Crippen molar-refractivity contribution in [2.24, 2.45) is 0 Å². The van der Waals surface area contributed by atoms with Crippen molar-refractivity contribution in [1.29, 1.82) is 0 Å². The number of hydrogen-bond donors (Lipinski definition) is 0. The Bertz CT molecular complexity index is 622. The van der Waals surface area contributed by atoms with Crippen molar-refractivity contribution in [3.8, 4) is 5.69 Å². The van der Waals surface area contributed by atoms with Crippen LogP contribution in [-0.4, -0.2) is 9.49 Å². The van der Waals surface area contributed by atoms with E-state index < -0.39 is 16.2 Å². The first-order chi connectivity index (χ1) is 8.11. The summed E-state index contributed by atoms with van der Waals surface area (Å²) < 4.78 is 1.18. The number of nitro groups is 1. The van der Waals surface area contributed by atoms with Crippen molar-refractivity contribution in [3.05, 3.63) is 68.1 Å². The third kappa shape index (κ3) is 2.05. The highest BCUT2D eigenvalue weighted by Crippen LogP contribution is 2.19. The molecule has 0 fully saturated rings. The van der Waals surface area contributed by atoms with Crippen molar-refractivity contribution in [1.82, 2.24) is 4.57 Å². The van der Waals surface area contributed by atoms with Crippen LogP contribution in [-0.2, 0) is 0 Å². The van der Waals surface area contributed by atoms with Gasteiger partial charge in [0.1, 0.15) is 5.02 Å². The number of pyridine rings is 1. The van der Waals surface area contributed by atoms with E-state index in [0.717, 1.165) is 0 Å². The number of nitrogens with zero attached hydrogens (tertiary/aromatic N) is 2. The third-order valence-electron chi connectivity index (χ3n) is 2.23. The molecule has 0 bridgehead atoms. The minimum atomic E-state index is -0.774. The van der Waals surface area contributed by atoms with E-state index in [-0.39, 0.29) is 5.02 Å². The fourth-order valence-electron chi connectivity index (χ4n) is 1.46. The van der Waals surface area contributed by atoms with Crippen LogP contribution in [0.4, 0.5) is 5.69 Å². The number of hydrogen-bond acceptors (Lipinski definition) is 3. The molecule has 0 saturated carbocycles. The van der Waals surface area contributed by atoms with Crippen molar-refractivity contribution < 1.29 is 4.92 Å². The number of aromatic nitrogens is 1. The normalized spacial score (nSPS) is 10.2. The van der Waals surface area contributed by atoms with E-state index in [2.05, 4.69) is 0 Å². The molecule has 0 aliphatic carbocycles. The highest BCUT2D eigenvalue weighted by molar-refractivity contribution is 6.32. The lowest BCUT2D eigenvalue weighted by atomic mass is 10.3. The summed E-state index contributed by atoms with van der Waals surface area (Å²) >= 11 is 5.63. The summed E-state index contributed by atoms with van der Waals surface area (Å²) in [6, 6.07) is 9.95. The number of para-hydroxylation sites is 1. The highest BCUT2D eigenvalue weighted by atomic mass is 35.5. The molecule has 0 amide bonds. The minimum absolute atomic E-state index is 0.160. The predicted octanol–water partition coefficient (Wildman–Crippen LogP) is 2.40. The summed E-state index contributed by atoms with van der Waals surface area (Å²) in [6.45, 7) is 0. The van der Waals surface area contributed by atoms with Crippen molar-refractivity contribution in [2.75, 3.05) is 0 Å². The Morgan fingerprint density at radius 3 is 2.41 bits per heavy atom. The summed E-state index contributed by atoms with van der Waals surface area (Å²) in [5.74, 6) is 0. The second kappa shape index (κ2) is 4.39. The molecule has 1 heterocycles. The number of benzene rings is 1. The molecular weight excluding hydrogens is 244 g/mol. The van der Waals surface area contributed by atoms with Crippen molar-refractivity contribution in [3.63, 3.8) is 0 Å². The van der Waals surface area contributed by atoms with E-state index in [9.17, 15) is 14.9 Å². The standard InChI is InChI=1S/C11H7ClN2O3/c12-9-6-7-13(8-4-2-1-3-5-8)11(15)10(9)14(16)17/h1-7H. The lowest BCUT2D eigenvalue weighted by Crippen LogP contribution is -2.20. The van der Waals surface area contributed by atoms with Crippen LogP contribution in [0.25, 0.3) is 5.69 Å². The highest BCUT2D eigenvalue weighted by Gasteiger charge is 2.20. The van der Waals surface area contributed by atoms with Crippen LogP contribution in [0.1, 0.15) is 0 Å². The van der Waals surface area contributed by atoms with Crippen molar-refractivity contribution in [2.45, 2.75) is 0 Å². The maximum absolute atomic E-state index is 11.9. The topological polar surface area (TPSA) is 65.1 Å². The predicted molar refractivity (Wildman–Crippen MR) is 63.7 cm³/mol. The Morgan fingerprint density at radius 2 is 1.82 bits per heavy atom. The van der Waals surface area contributed by atoms with Gasteiger partial charge >= 0.3 is 11.2 Å². The van der Waals surface area contributed by atoms with Gasteiger partial charge in [-0.1, -0.05) is 29.8 Å². The second-order valence-corrected chi connectivity index (χ2v) is 3.69. The average molecular weight is 251 g/mol. The molecule has 17 heavy (non-hydrogen) atoms. The summed E-state index contributed by atoms with van der Waals surface area (Å²) in [5.41, 5.74) is -0.802. The van der Waals surface area contributed by atoms with E-state index >= 15 is 0 Å². The zero-order chi connectivity index (χ0) is 12.4. The summed E-state index contributed by atoms with van der Waals surface area (Å²) in [7, 11) is 0. The van der Waals surface area contributed by atoms with Gasteiger partial charge in [-0.05, 0) is 18.2 Å². The van der Waals surface area contributed by atoms with Gasteiger partial charge in [-0.2, -0.15) is 0 Å². The van der Waals surface area contributed by atoms with Gasteiger partial charge in [0.2, 0.25) is 0 Å². The van der Waals surface area contributed by atoms with Crippen LogP contribution in [0.3, 0.4) is 0 Å². The first-order valence-corrected chi connectivity index (χ1v) is 5.10. The van der Waals surface area contributed by atoms with Gasteiger partial charge in [0.05, 0.1) is 4.92 Å². The van der Waals surface area contributed by atoms with E-state index in [4.69, 9.17) is 11.6 Å². The van der Waals surface area contributed by atoms with E-state index in [0.29, 0.717) is 5.69 Å². The number of halogens is 1. The van der Waals surface area contributed by atoms with Gasteiger partial charge in [-0.3, -0.25) is 19.5 Å². The Hall–Kier alpha value is -2.14. The molecule has 0 unspecified atom stereocenters. The van der Waals surface area contributed by atoms with Gasteiger partial charge in [-0.25, -0.2) is 0 Å². The maximum atomic E-state index is 11.9. The fourth-order valence-corrected chi connectivity index (χ4v) is 1.67. The molecule has 0 saturated heterocycles. The largest absolute Gasteiger partial charge is 0.352 e. The van der Waals surface area contributed by atoms with Gasteiger partial charge in [0.25, 0.3) is 0 Å². The van der Waals surface area contributed by atoms with Crippen LogP contribution in [0, 0.1) is 10.1 Å². The van der Waals surface area contributed by atoms with Gasteiger partial charge in [0, 0.05) is 11.9 Å². The van der Waals surface area contributed by atoms with E-state index in [1.807, 2.05) is 0 Å². The molecular formula is C11H7ClN2O3. The Kier molecular flexibility index (Phi) is 2.93. The molecule has 5 nitrogen and oxygen atoms in total. The first-order valence-electron chi connectivity index (χ1n) is 4.72. The van der Waals surface area contributed by atoms with Crippen LogP contribution >= 0.6 is 11.6 Å². The smallest absolute Gasteiger partial charge is 0.278 e. The minimum Gasteiger partial charge on any atom is -0.278 e. The summed E-state index contributed by atoms with van der Waals surface area (Å²) in [5, 5.41) is 10.6. The van der Waals surface area contributed by atoms with Crippen LogP contribution < -0.4 is 5.56 Å². The molecule has 0 radical (unpaired) electrons. The molecule has 2 rings (SSSR count). The van der Waals surface area contributed by atoms with Gasteiger partial charge < -0.3 is 0 Å². The third-order valence-corrected chi connectivity index (χ3v) is 2.54. The Labute approximate surface area is 101 Å². The lowest BCUT2D eigenvalue weighted by Gasteiger charge is -2.05. The van der Waals surface area contributed by atoms with Crippen molar-refractivity contribution >= 4 is 17.3 Å². The first kappa shape index (κ1) is 11.3. The monoisotopic (exact) mass is 250 g/mol. The van der Waals surface area contributed by atoms with E-state index in [1.54, 1.807) is 30.3 Å². The number of rotatable bonds is 2. The summed E-state index contributed by atoms with van der Waals surface area (Å²) in [6.07, 6.45) is 1.41. The maximum Gasteiger partial charge on any atom is 0.352 e. The van der Waals surface area contributed by atoms with Gasteiger partial charge in [0.15, 0.2) is 0 Å². The Balaban J connectivity index is 2.71. The molecule has 0 aliphatic rings. The molecule has 6 heteroatoms. The molecule has 0 atom stereocenters. The van der Waals surface area contributed by atoms with E-state index in [1.165, 1.54) is 16.8 Å². The van der Waals surface area contributed by atoms with Gasteiger partial charge in [-0.15, -0.1) is 0 Å². The SMILES string of the molecule is O=c1c([N+](=O)[O-])c(Cl)ccn1-c1ccccc1. The quantitative estimate of drug-likeness (QED) is 0.607. The van der Waals surface area contributed by atoms with Crippen LogP contribution in [0.5, 0.6) is 0 Å². The summed E-state index contributed by atoms with van der Waals surface area (Å²) in [4.78, 5) is 21.8. The lowest BCUT2D eigenvalue weighted by molar-refractivity contribution is -0.386. The molecule has 1 aromatic heterocycles. The molecule has 0 spiro atoms. The molecule has 2 aromatic rings. The average Bonchev–Trinajstić information content (AvgIpc) is 2.30. The van der Waals surface area contributed by atoms with Crippen LogP contribution in [0.2, 0.25) is 5.02 Å². The van der Waals surface area contributed by atoms with Crippen LogP contribution in [0.15, 0.2) is 47.4 Å². The molecule has 0 N–H and O–H groups in total. The second-order valence-electron chi connectivity index (χ2n) is 3.28. The molecule has 86 valence electrons. The molecule has 1 aromatic carbocycles. The Morgan fingerprint density at radius 1 is 1.18 bits per heavy atom.